The number of hydrogen-bond donors (Lipinski definition) is 2. The first kappa shape index (κ1) is 15.5. The van der Waals surface area contributed by atoms with Gasteiger partial charge < -0.3 is 19.5 Å². The molecule has 0 aliphatic carbocycles. The molecule has 0 saturated carbocycles. The van der Waals surface area contributed by atoms with E-state index in [1.54, 1.807) is 4.90 Å². The van der Waals surface area contributed by atoms with Crippen LogP contribution in [0.4, 0.5) is 4.79 Å². The van der Waals surface area contributed by atoms with Crippen molar-refractivity contribution in [3.05, 3.63) is 0 Å². The lowest BCUT2D eigenvalue weighted by atomic mass is 10.2. The molecule has 2 atom stereocenters. The number of carbonyl (C=O) groups is 1. The maximum atomic E-state index is 12.0. The number of amides is 1. The summed E-state index contributed by atoms with van der Waals surface area (Å²) in [5.74, 6) is 0. The third-order valence-electron chi connectivity index (χ3n) is 3.30. The number of β-amino-alcohol motifs (C(OH)–C–C–N with tert-alkyl or cyclic N) is 1. The summed E-state index contributed by atoms with van der Waals surface area (Å²) in [5.41, 5.74) is 2.75. The van der Waals surface area contributed by atoms with E-state index < -0.39 is 11.7 Å². The number of rotatable bonds is 2. The van der Waals surface area contributed by atoms with Gasteiger partial charge in [0.1, 0.15) is 5.60 Å². The summed E-state index contributed by atoms with van der Waals surface area (Å²) in [6.07, 6.45) is -0.951. The molecular weight excluding hydrogens is 262 g/mol. The van der Waals surface area contributed by atoms with Gasteiger partial charge in [0.2, 0.25) is 0 Å². The monoisotopic (exact) mass is 287 g/mol. The first-order valence-corrected chi connectivity index (χ1v) is 7.10. The number of aliphatic hydroxyl groups is 1. The number of aliphatic hydroxyl groups excluding tert-OH is 1. The van der Waals surface area contributed by atoms with Crippen LogP contribution in [0.25, 0.3) is 0 Å². The third-order valence-corrected chi connectivity index (χ3v) is 3.30. The van der Waals surface area contributed by atoms with Crippen LogP contribution in [0.1, 0.15) is 20.8 Å². The summed E-state index contributed by atoms with van der Waals surface area (Å²) in [5, 5.41) is 12.1. The minimum atomic E-state index is -0.578. The Labute approximate surface area is 119 Å². The average molecular weight is 287 g/mol. The van der Waals surface area contributed by atoms with Crippen LogP contribution >= 0.6 is 0 Å². The Bertz CT molecular complexity index is 339. The molecule has 2 aliphatic heterocycles. The smallest absolute Gasteiger partial charge is 0.410 e. The second-order valence-corrected chi connectivity index (χ2v) is 6.29. The second-order valence-electron chi connectivity index (χ2n) is 6.29. The highest BCUT2D eigenvalue weighted by atomic mass is 16.6. The van der Waals surface area contributed by atoms with Crippen LogP contribution in [0.2, 0.25) is 0 Å². The third kappa shape index (κ3) is 4.31. The minimum Gasteiger partial charge on any atom is -0.444 e. The Hall–Kier alpha value is -0.890. The zero-order valence-corrected chi connectivity index (χ0v) is 12.5. The molecular formula is C13H25N3O4. The summed E-state index contributed by atoms with van der Waals surface area (Å²) in [7, 11) is 0. The van der Waals surface area contributed by atoms with Crippen LogP contribution in [0, 0.1) is 0 Å². The summed E-state index contributed by atoms with van der Waals surface area (Å²) < 4.78 is 10.6. The van der Waals surface area contributed by atoms with Gasteiger partial charge >= 0.3 is 6.09 Å². The minimum absolute atomic E-state index is 0.152. The van der Waals surface area contributed by atoms with Crippen molar-refractivity contribution in [1.29, 1.82) is 0 Å². The second kappa shape index (κ2) is 6.26. The summed E-state index contributed by atoms with van der Waals surface area (Å²) in [6, 6.07) is -0.152. The van der Waals surface area contributed by atoms with E-state index in [9.17, 15) is 9.90 Å². The normalized spacial score (nSPS) is 28.7. The zero-order chi connectivity index (χ0) is 14.8. The van der Waals surface area contributed by atoms with E-state index in [-0.39, 0.29) is 12.1 Å². The maximum Gasteiger partial charge on any atom is 0.410 e. The SMILES string of the molecule is CC(C)(C)OC(=O)N1C[C@@H](O)[C@H](NN2CCOCC2)C1. The number of nitrogens with zero attached hydrogens (tertiary/aromatic N) is 2. The molecule has 2 fully saturated rings. The predicted molar refractivity (Wildman–Crippen MR) is 73.1 cm³/mol. The number of carbonyl (C=O) groups excluding carboxylic acids is 1. The molecule has 7 nitrogen and oxygen atoms in total. The topological polar surface area (TPSA) is 74.3 Å². The predicted octanol–water partition coefficient (Wildman–Crippen LogP) is -0.197. The van der Waals surface area contributed by atoms with Gasteiger partial charge in [-0.05, 0) is 20.8 Å². The van der Waals surface area contributed by atoms with Crippen LogP contribution in [0.5, 0.6) is 0 Å². The van der Waals surface area contributed by atoms with Gasteiger partial charge in [0.15, 0.2) is 0 Å². The molecule has 2 rings (SSSR count). The maximum absolute atomic E-state index is 12.0. The molecule has 1 amide bonds. The van der Waals surface area contributed by atoms with Gasteiger partial charge in [0.25, 0.3) is 0 Å². The van der Waals surface area contributed by atoms with Gasteiger partial charge in [0.05, 0.1) is 31.9 Å². The fraction of sp³-hybridized carbons (Fsp3) is 0.923. The Balaban J connectivity index is 1.83. The van der Waals surface area contributed by atoms with Crippen molar-refractivity contribution in [2.24, 2.45) is 0 Å². The Morgan fingerprint density at radius 2 is 1.95 bits per heavy atom. The van der Waals surface area contributed by atoms with E-state index >= 15 is 0 Å². The molecule has 20 heavy (non-hydrogen) atoms. The van der Waals surface area contributed by atoms with Gasteiger partial charge in [0, 0.05) is 19.6 Å². The molecule has 7 heteroatoms. The van der Waals surface area contributed by atoms with E-state index in [4.69, 9.17) is 9.47 Å². The first-order chi connectivity index (χ1) is 9.35. The quantitative estimate of drug-likeness (QED) is 0.733. The first-order valence-electron chi connectivity index (χ1n) is 7.10. The molecule has 0 bridgehead atoms. The van der Waals surface area contributed by atoms with Crippen LogP contribution < -0.4 is 5.43 Å². The van der Waals surface area contributed by atoms with Crippen molar-refractivity contribution < 1.29 is 19.4 Å². The summed E-state index contributed by atoms with van der Waals surface area (Å²) in [6.45, 7) is 9.20. The van der Waals surface area contributed by atoms with Crippen molar-refractivity contribution in [2.45, 2.75) is 38.5 Å². The molecule has 2 heterocycles. The van der Waals surface area contributed by atoms with Gasteiger partial charge in [-0.25, -0.2) is 15.2 Å². The Morgan fingerprint density at radius 1 is 1.30 bits per heavy atom. The number of ether oxygens (including phenoxy) is 2. The highest BCUT2D eigenvalue weighted by Gasteiger charge is 2.37. The molecule has 2 saturated heterocycles. The van der Waals surface area contributed by atoms with Crippen molar-refractivity contribution in [1.82, 2.24) is 15.3 Å². The van der Waals surface area contributed by atoms with Crippen molar-refractivity contribution in [2.75, 3.05) is 39.4 Å². The van der Waals surface area contributed by atoms with Crippen LogP contribution in [-0.4, -0.2) is 78.2 Å². The number of morpholine rings is 1. The van der Waals surface area contributed by atoms with E-state index in [0.717, 1.165) is 13.1 Å². The lowest BCUT2D eigenvalue weighted by Crippen LogP contribution is -2.53. The molecule has 116 valence electrons. The molecule has 0 aromatic carbocycles. The fourth-order valence-electron chi connectivity index (χ4n) is 2.32. The van der Waals surface area contributed by atoms with Gasteiger partial charge in [-0.2, -0.15) is 0 Å². The summed E-state index contributed by atoms with van der Waals surface area (Å²) in [4.78, 5) is 13.5. The number of likely N-dealkylation sites (tertiary alicyclic amines) is 1. The highest BCUT2D eigenvalue weighted by molar-refractivity contribution is 5.68. The van der Waals surface area contributed by atoms with E-state index in [1.807, 2.05) is 25.8 Å². The Morgan fingerprint density at radius 3 is 2.55 bits per heavy atom. The van der Waals surface area contributed by atoms with Crippen LogP contribution in [0.15, 0.2) is 0 Å². The Kier molecular flexibility index (Phi) is 4.85. The molecule has 2 aliphatic rings. The molecule has 0 radical (unpaired) electrons. The number of hydrogen-bond acceptors (Lipinski definition) is 6. The van der Waals surface area contributed by atoms with Gasteiger partial charge in [-0.3, -0.25) is 0 Å². The largest absolute Gasteiger partial charge is 0.444 e. The average Bonchev–Trinajstić information content (AvgIpc) is 2.70. The lowest BCUT2D eigenvalue weighted by Gasteiger charge is -2.31. The highest BCUT2D eigenvalue weighted by Crippen LogP contribution is 2.16. The fourth-order valence-corrected chi connectivity index (χ4v) is 2.32. The zero-order valence-electron chi connectivity index (χ0n) is 12.5. The summed E-state index contributed by atoms with van der Waals surface area (Å²) >= 11 is 0. The van der Waals surface area contributed by atoms with Crippen molar-refractivity contribution in [3.63, 3.8) is 0 Å². The van der Waals surface area contributed by atoms with Gasteiger partial charge in [-0.15, -0.1) is 0 Å². The van der Waals surface area contributed by atoms with E-state index in [0.29, 0.717) is 26.3 Å². The van der Waals surface area contributed by atoms with E-state index in [2.05, 4.69) is 5.43 Å². The van der Waals surface area contributed by atoms with Crippen molar-refractivity contribution in [3.8, 4) is 0 Å². The van der Waals surface area contributed by atoms with Crippen LogP contribution in [-0.2, 0) is 9.47 Å². The van der Waals surface area contributed by atoms with Gasteiger partial charge in [-0.1, -0.05) is 0 Å². The number of nitrogens with one attached hydrogen (secondary N) is 1. The standard InChI is InChI=1S/C13H25N3O4/c1-13(2,3)20-12(18)15-8-10(11(17)9-15)14-16-4-6-19-7-5-16/h10-11,14,17H,4-9H2,1-3H3/t10-,11-/m1/s1. The molecule has 0 unspecified atom stereocenters. The molecule has 0 spiro atoms. The molecule has 0 aromatic rings. The lowest BCUT2D eigenvalue weighted by molar-refractivity contribution is -0.00611. The van der Waals surface area contributed by atoms with Crippen molar-refractivity contribution >= 4 is 6.09 Å². The van der Waals surface area contributed by atoms with Crippen LogP contribution in [0.3, 0.4) is 0 Å². The van der Waals surface area contributed by atoms with E-state index in [1.165, 1.54) is 0 Å². The number of hydrazine groups is 1. The molecule has 0 aromatic heterocycles. The molecule has 2 N–H and O–H groups in total.